The second-order valence-corrected chi connectivity index (χ2v) is 13.5. The average molecular weight is 632 g/mol. The van der Waals surface area contributed by atoms with Gasteiger partial charge in [0.25, 0.3) is 10.0 Å². The molecule has 0 aromatic heterocycles. The number of sulfonamides is 1. The maximum Gasteiger partial charge on any atom is 0.264 e. The number of nitrogens with one attached hydrogen (secondary N) is 1. The number of anilines is 1. The number of nitrogens with zero attached hydrogens (tertiary/aromatic N) is 2. The fourth-order valence-corrected chi connectivity index (χ4v) is 6.23. The molecular formula is C35H38FN3O5S. The molecule has 10 heteroatoms. The molecule has 0 heterocycles. The van der Waals surface area contributed by atoms with E-state index in [0.717, 1.165) is 9.87 Å². The topological polar surface area (TPSA) is 96.0 Å². The fourth-order valence-electron chi connectivity index (χ4n) is 4.79. The molecule has 0 aliphatic heterocycles. The monoisotopic (exact) mass is 631 g/mol. The van der Waals surface area contributed by atoms with Crippen molar-refractivity contribution in [2.24, 2.45) is 0 Å². The van der Waals surface area contributed by atoms with Crippen molar-refractivity contribution in [3.05, 3.63) is 126 Å². The van der Waals surface area contributed by atoms with E-state index < -0.39 is 45.8 Å². The third-order valence-corrected chi connectivity index (χ3v) is 8.79. The Bertz CT molecular complexity index is 1680. The first-order chi connectivity index (χ1) is 21.4. The number of benzene rings is 4. The van der Waals surface area contributed by atoms with Gasteiger partial charge in [0, 0.05) is 18.5 Å². The number of halogens is 1. The third-order valence-electron chi connectivity index (χ3n) is 7.01. The highest BCUT2D eigenvalue weighted by atomic mass is 32.2. The number of amides is 2. The van der Waals surface area contributed by atoms with Crippen LogP contribution in [-0.2, 0) is 32.6 Å². The summed E-state index contributed by atoms with van der Waals surface area (Å²) in [5.41, 5.74) is 1.02. The number of ether oxygens (including phenoxy) is 1. The summed E-state index contributed by atoms with van der Waals surface area (Å²) in [4.78, 5) is 29.7. The van der Waals surface area contributed by atoms with Gasteiger partial charge in [-0.25, -0.2) is 12.8 Å². The van der Waals surface area contributed by atoms with E-state index in [2.05, 4.69) is 5.32 Å². The molecule has 0 spiro atoms. The average Bonchev–Trinajstić information content (AvgIpc) is 3.02. The fraction of sp³-hybridized carbons (Fsp3) is 0.257. The molecule has 2 amide bonds. The molecule has 1 N–H and O–H groups in total. The Morgan fingerprint density at radius 3 is 1.96 bits per heavy atom. The lowest BCUT2D eigenvalue weighted by Gasteiger charge is -2.35. The lowest BCUT2D eigenvalue weighted by atomic mass is 10.0. The molecule has 0 saturated heterocycles. The molecule has 4 rings (SSSR count). The van der Waals surface area contributed by atoms with Gasteiger partial charge in [0.05, 0.1) is 17.7 Å². The van der Waals surface area contributed by atoms with E-state index in [1.54, 1.807) is 54.6 Å². The molecule has 0 fully saturated rings. The first kappa shape index (κ1) is 33.2. The van der Waals surface area contributed by atoms with Crippen LogP contribution in [0, 0.1) is 5.82 Å². The number of rotatable bonds is 12. The van der Waals surface area contributed by atoms with Crippen LogP contribution >= 0.6 is 0 Å². The summed E-state index contributed by atoms with van der Waals surface area (Å²) in [6, 6.07) is 28.1. The van der Waals surface area contributed by atoms with Crippen molar-refractivity contribution < 1.29 is 27.1 Å². The molecule has 236 valence electrons. The molecule has 45 heavy (non-hydrogen) atoms. The van der Waals surface area contributed by atoms with E-state index >= 15 is 0 Å². The molecule has 8 nitrogen and oxygen atoms in total. The quantitative estimate of drug-likeness (QED) is 0.220. The Labute approximate surface area is 264 Å². The first-order valence-electron chi connectivity index (χ1n) is 14.5. The van der Waals surface area contributed by atoms with Crippen LogP contribution in [0.1, 0.15) is 31.9 Å². The smallest absolute Gasteiger partial charge is 0.264 e. The van der Waals surface area contributed by atoms with E-state index in [-0.39, 0.29) is 23.5 Å². The van der Waals surface area contributed by atoms with Gasteiger partial charge in [-0.3, -0.25) is 13.9 Å². The van der Waals surface area contributed by atoms with Crippen LogP contribution in [0.3, 0.4) is 0 Å². The van der Waals surface area contributed by atoms with E-state index in [4.69, 9.17) is 4.74 Å². The zero-order valence-electron chi connectivity index (χ0n) is 25.8. The highest BCUT2D eigenvalue weighted by Crippen LogP contribution is 2.27. The zero-order valence-corrected chi connectivity index (χ0v) is 26.6. The van der Waals surface area contributed by atoms with E-state index in [9.17, 15) is 22.4 Å². The second kappa shape index (κ2) is 14.4. The van der Waals surface area contributed by atoms with Crippen LogP contribution in [0.4, 0.5) is 10.1 Å². The number of carbonyl (C=O) groups is 2. The van der Waals surface area contributed by atoms with Crippen LogP contribution in [0.5, 0.6) is 5.75 Å². The lowest BCUT2D eigenvalue weighted by molar-refractivity contribution is -0.140. The summed E-state index contributed by atoms with van der Waals surface area (Å²) >= 11 is 0. The highest BCUT2D eigenvalue weighted by molar-refractivity contribution is 7.92. The van der Waals surface area contributed by atoms with Crippen LogP contribution in [0.2, 0.25) is 0 Å². The van der Waals surface area contributed by atoms with Gasteiger partial charge in [-0.2, -0.15) is 0 Å². The van der Waals surface area contributed by atoms with Gasteiger partial charge in [0.2, 0.25) is 11.8 Å². The SMILES string of the molecule is COc1ccc(N(CC(=O)N(Cc2ccc(F)cc2)[C@@H](Cc2ccccc2)C(=O)NC(C)(C)C)S(=O)(=O)c2ccccc2)cc1. The van der Waals surface area contributed by atoms with Gasteiger partial charge in [0.1, 0.15) is 24.2 Å². The van der Waals surface area contributed by atoms with Crippen LogP contribution in [0.25, 0.3) is 0 Å². The molecule has 0 saturated carbocycles. The minimum Gasteiger partial charge on any atom is -0.497 e. The van der Waals surface area contributed by atoms with Crippen molar-refractivity contribution >= 4 is 27.5 Å². The molecular weight excluding hydrogens is 593 g/mol. The van der Waals surface area contributed by atoms with Crippen molar-refractivity contribution in [1.29, 1.82) is 0 Å². The maximum absolute atomic E-state index is 14.4. The molecule has 0 radical (unpaired) electrons. The van der Waals surface area contributed by atoms with Gasteiger partial charge in [0.15, 0.2) is 0 Å². The predicted octanol–water partition coefficient (Wildman–Crippen LogP) is 5.58. The van der Waals surface area contributed by atoms with E-state index in [0.29, 0.717) is 11.3 Å². The Morgan fingerprint density at radius 1 is 0.822 bits per heavy atom. The minimum absolute atomic E-state index is 0.00464. The van der Waals surface area contributed by atoms with Crippen molar-refractivity contribution in [2.75, 3.05) is 18.0 Å². The van der Waals surface area contributed by atoms with Crippen LogP contribution in [0.15, 0.2) is 114 Å². The van der Waals surface area contributed by atoms with Gasteiger partial charge in [-0.15, -0.1) is 0 Å². The van der Waals surface area contributed by atoms with Crippen LogP contribution in [-0.4, -0.2) is 50.4 Å². The Morgan fingerprint density at radius 2 is 1.40 bits per heavy atom. The maximum atomic E-state index is 14.4. The Hall–Kier alpha value is -4.70. The normalized spacial score (nSPS) is 12.2. The van der Waals surface area contributed by atoms with Gasteiger partial charge in [-0.1, -0.05) is 60.7 Å². The largest absolute Gasteiger partial charge is 0.497 e. The molecule has 4 aromatic rings. The molecule has 0 aliphatic carbocycles. The van der Waals surface area contributed by atoms with E-state index in [1.165, 1.54) is 36.3 Å². The Balaban J connectivity index is 1.81. The Kier molecular flexibility index (Phi) is 10.6. The first-order valence-corrected chi connectivity index (χ1v) is 15.9. The summed E-state index contributed by atoms with van der Waals surface area (Å²) in [5.74, 6) is -0.937. The highest BCUT2D eigenvalue weighted by Gasteiger charge is 2.35. The molecule has 0 bridgehead atoms. The molecule has 0 aliphatic rings. The van der Waals surface area contributed by atoms with Crippen molar-refractivity contribution in [1.82, 2.24) is 10.2 Å². The summed E-state index contributed by atoms with van der Waals surface area (Å²) in [6.45, 7) is 4.87. The number of methoxy groups -OCH3 is 1. The molecule has 1 atom stereocenters. The number of hydrogen-bond acceptors (Lipinski definition) is 5. The second-order valence-electron chi connectivity index (χ2n) is 11.6. The summed E-state index contributed by atoms with van der Waals surface area (Å²) in [6.07, 6.45) is 0.170. The molecule has 0 unspecified atom stereocenters. The number of carbonyl (C=O) groups excluding carboxylic acids is 2. The van der Waals surface area contributed by atoms with E-state index in [1.807, 2.05) is 51.1 Å². The third kappa shape index (κ3) is 8.92. The van der Waals surface area contributed by atoms with Crippen LogP contribution < -0.4 is 14.4 Å². The summed E-state index contributed by atoms with van der Waals surface area (Å²) in [5, 5.41) is 2.98. The minimum atomic E-state index is -4.22. The molecule has 4 aromatic carbocycles. The predicted molar refractivity (Wildman–Crippen MR) is 173 cm³/mol. The van der Waals surface area contributed by atoms with Gasteiger partial charge < -0.3 is 15.0 Å². The lowest BCUT2D eigenvalue weighted by Crippen LogP contribution is -2.56. The van der Waals surface area contributed by atoms with Gasteiger partial charge >= 0.3 is 0 Å². The zero-order chi connectivity index (χ0) is 32.6. The summed E-state index contributed by atoms with van der Waals surface area (Å²) in [7, 11) is -2.72. The summed E-state index contributed by atoms with van der Waals surface area (Å²) < 4.78 is 48.2. The van der Waals surface area contributed by atoms with Crippen molar-refractivity contribution in [3.8, 4) is 5.75 Å². The van der Waals surface area contributed by atoms with Crippen molar-refractivity contribution in [3.63, 3.8) is 0 Å². The standard InChI is InChI=1S/C35H38FN3O5S/c1-35(2,3)37-34(41)32(23-26-11-7-5-8-12-26)38(24-27-15-17-28(36)18-16-27)33(40)25-39(29-19-21-30(44-4)22-20-29)45(42,43)31-13-9-6-10-14-31/h5-22,32H,23-25H2,1-4H3,(H,37,41)/t32-/m0/s1. The van der Waals surface area contributed by atoms with Crippen molar-refractivity contribution in [2.45, 2.75) is 50.2 Å². The number of hydrogen-bond donors (Lipinski definition) is 1. The van der Waals surface area contributed by atoms with Gasteiger partial charge in [-0.05, 0) is 80.4 Å².